The standard InChI is InChI=1S/C28H33F3N6O2/c1-6-39-23-11-22(34-12-21(23)29)17(2)37-16-27(15-28(27,30)31)24-19(14-35(4)5)9-18(10-20(24)25(37)38)13-36-8-7-33-26(36)32-3/h7-12,17H,6,13-16H2,1-5H3,(H,32,33). The van der Waals surface area contributed by atoms with Crippen molar-refractivity contribution < 1.29 is 22.7 Å². The van der Waals surface area contributed by atoms with Gasteiger partial charge in [-0.25, -0.2) is 18.2 Å². The Hall–Kier alpha value is -3.60. The van der Waals surface area contributed by atoms with Gasteiger partial charge in [-0.3, -0.25) is 9.78 Å². The van der Waals surface area contributed by atoms with Crippen molar-refractivity contribution in [1.82, 2.24) is 24.3 Å². The molecule has 208 valence electrons. The number of benzene rings is 1. The molecule has 0 saturated heterocycles. The van der Waals surface area contributed by atoms with Crippen molar-refractivity contribution in [1.29, 1.82) is 0 Å². The lowest BCUT2D eigenvalue weighted by Gasteiger charge is -2.40. The van der Waals surface area contributed by atoms with Crippen LogP contribution in [0.1, 0.15) is 59.1 Å². The van der Waals surface area contributed by atoms with Crippen LogP contribution < -0.4 is 10.1 Å². The van der Waals surface area contributed by atoms with E-state index in [0.29, 0.717) is 30.3 Å². The number of hydrogen-bond acceptors (Lipinski definition) is 6. The van der Waals surface area contributed by atoms with E-state index in [1.165, 1.54) is 11.0 Å². The molecule has 8 nitrogen and oxygen atoms in total. The molecule has 2 atom stereocenters. The summed E-state index contributed by atoms with van der Waals surface area (Å²) in [6, 6.07) is 4.42. The van der Waals surface area contributed by atoms with Gasteiger partial charge in [0, 0.05) is 50.6 Å². The molecule has 2 aliphatic rings. The number of anilines is 1. The Morgan fingerprint density at radius 2 is 1.97 bits per heavy atom. The molecular weight excluding hydrogens is 509 g/mol. The number of rotatable bonds is 9. The molecule has 39 heavy (non-hydrogen) atoms. The van der Waals surface area contributed by atoms with E-state index in [4.69, 9.17) is 4.74 Å². The van der Waals surface area contributed by atoms with Crippen molar-refractivity contribution >= 4 is 11.9 Å². The van der Waals surface area contributed by atoms with Gasteiger partial charge >= 0.3 is 0 Å². The van der Waals surface area contributed by atoms with Crippen molar-refractivity contribution in [3.8, 4) is 5.75 Å². The van der Waals surface area contributed by atoms with Crippen LogP contribution in [-0.2, 0) is 18.5 Å². The molecule has 3 heterocycles. The summed E-state index contributed by atoms with van der Waals surface area (Å²) in [5.74, 6) is -3.26. The first-order valence-corrected chi connectivity index (χ1v) is 13.0. The molecule has 1 N–H and O–H groups in total. The van der Waals surface area contributed by atoms with Gasteiger partial charge in [-0.15, -0.1) is 0 Å². The third kappa shape index (κ3) is 4.62. The maximum atomic E-state index is 15.3. The number of nitrogens with one attached hydrogen (secondary N) is 1. The smallest absolute Gasteiger partial charge is 0.260 e. The largest absolute Gasteiger partial charge is 0.491 e. The summed E-state index contributed by atoms with van der Waals surface area (Å²) in [5, 5.41) is 3.03. The Balaban J connectivity index is 1.61. The van der Waals surface area contributed by atoms with E-state index in [-0.39, 0.29) is 36.8 Å². The fraction of sp³-hybridized carbons (Fsp3) is 0.464. The first kappa shape index (κ1) is 27.0. The van der Waals surface area contributed by atoms with E-state index in [1.54, 1.807) is 33.2 Å². The second-order valence-electron chi connectivity index (χ2n) is 10.6. The van der Waals surface area contributed by atoms with Crippen LogP contribution in [0, 0.1) is 5.82 Å². The number of hydrogen-bond donors (Lipinski definition) is 1. The Bertz CT molecular complexity index is 1410. The first-order valence-electron chi connectivity index (χ1n) is 13.0. The minimum Gasteiger partial charge on any atom is -0.491 e. The fourth-order valence-corrected chi connectivity index (χ4v) is 5.70. The van der Waals surface area contributed by atoms with Crippen LogP contribution in [0.3, 0.4) is 0 Å². The quantitative estimate of drug-likeness (QED) is 0.430. The van der Waals surface area contributed by atoms with Crippen LogP contribution in [0.25, 0.3) is 0 Å². The van der Waals surface area contributed by atoms with Crippen molar-refractivity contribution in [2.24, 2.45) is 0 Å². The van der Waals surface area contributed by atoms with Gasteiger partial charge in [-0.2, -0.15) is 0 Å². The van der Waals surface area contributed by atoms with Gasteiger partial charge in [0.1, 0.15) is 0 Å². The van der Waals surface area contributed by atoms with Crippen molar-refractivity contribution in [2.75, 3.05) is 39.6 Å². The van der Waals surface area contributed by atoms with E-state index in [9.17, 15) is 9.18 Å². The van der Waals surface area contributed by atoms with E-state index < -0.39 is 23.2 Å². The molecule has 1 aromatic carbocycles. The average Bonchev–Trinajstić information content (AvgIpc) is 3.18. The number of pyridine rings is 1. The Morgan fingerprint density at radius 3 is 2.62 bits per heavy atom. The number of carbonyl (C=O) groups is 1. The maximum absolute atomic E-state index is 15.3. The third-order valence-electron chi connectivity index (χ3n) is 7.60. The second kappa shape index (κ2) is 9.86. The maximum Gasteiger partial charge on any atom is 0.260 e. The Kier molecular flexibility index (Phi) is 6.82. The average molecular weight is 543 g/mol. The van der Waals surface area contributed by atoms with Gasteiger partial charge < -0.3 is 24.4 Å². The molecule has 1 amide bonds. The monoisotopic (exact) mass is 542 g/mol. The van der Waals surface area contributed by atoms with Gasteiger partial charge in [0.05, 0.1) is 36.5 Å². The first-order chi connectivity index (χ1) is 18.5. The summed E-state index contributed by atoms with van der Waals surface area (Å²) in [6.45, 7) is 4.39. The molecule has 1 spiro atoms. The van der Waals surface area contributed by atoms with Gasteiger partial charge in [0.15, 0.2) is 11.6 Å². The highest BCUT2D eigenvalue weighted by molar-refractivity contribution is 5.99. The lowest BCUT2D eigenvalue weighted by molar-refractivity contribution is 0.0450. The minimum absolute atomic E-state index is 0.0156. The predicted molar refractivity (Wildman–Crippen MR) is 141 cm³/mol. The summed E-state index contributed by atoms with van der Waals surface area (Å²) in [5.41, 5.74) is 1.12. The summed E-state index contributed by atoms with van der Waals surface area (Å²) in [4.78, 5) is 25.9. The number of halogens is 3. The molecule has 2 unspecified atom stereocenters. The number of imidazole rings is 1. The van der Waals surface area contributed by atoms with Gasteiger partial charge in [0.2, 0.25) is 5.95 Å². The van der Waals surface area contributed by atoms with E-state index in [2.05, 4.69) is 15.3 Å². The molecule has 11 heteroatoms. The van der Waals surface area contributed by atoms with Gasteiger partial charge in [-0.1, -0.05) is 6.07 Å². The predicted octanol–water partition coefficient (Wildman–Crippen LogP) is 4.46. The SMILES string of the molecule is CCOc1cc(C(C)N2CC3(CC3(F)F)c3c(CN(C)C)cc(Cn4ccnc4NC)cc3C2=O)ncc1F. The van der Waals surface area contributed by atoms with Gasteiger partial charge in [-0.05, 0) is 50.7 Å². The van der Waals surface area contributed by atoms with E-state index >= 15 is 8.78 Å². The molecular formula is C28H33F3N6O2. The number of carbonyl (C=O) groups excluding carboxylic acids is 1. The van der Waals surface area contributed by atoms with E-state index in [1.807, 2.05) is 35.8 Å². The number of ether oxygens (including phenoxy) is 1. The van der Waals surface area contributed by atoms with Crippen molar-refractivity contribution in [3.05, 3.63) is 70.6 Å². The normalized spacial score (nSPS) is 20.3. The summed E-state index contributed by atoms with van der Waals surface area (Å²) >= 11 is 0. The number of alkyl halides is 2. The molecule has 0 bridgehead atoms. The Labute approximate surface area is 225 Å². The summed E-state index contributed by atoms with van der Waals surface area (Å²) < 4.78 is 52.1. The van der Waals surface area contributed by atoms with Crippen molar-refractivity contribution in [3.63, 3.8) is 0 Å². The fourth-order valence-electron chi connectivity index (χ4n) is 5.70. The molecule has 3 aromatic rings. The van der Waals surface area contributed by atoms with Crippen LogP contribution in [0.4, 0.5) is 19.1 Å². The molecule has 2 aromatic heterocycles. The highest BCUT2D eigenvalue weighted by atomic mass is 19.3. The highest BCUT2D eigenvalue weighted by Gasteiger charge is 2.75. The van der Waals surface area contributed by atoms with Crippen LogP contribution in [0.15, 0.2) is 36.8 Å². The second-order valence-corrected chi connectivity index (χ2v) is 10.6. The lowest BCUT2D eigenvalue weighted by atomic mass is 9.80. The minimum atomic E-state index is -2.96. The molecule has 0 radical (unpaired) electrons. The topological polar surface area (TPSA) is 75.5 Å². The van der Waals surface area contributed by atoms with Crippen LogP contribution in [-0.4, -0.2) is 70.5 Å². The van der Waals surface area contributed by atoms with Crippen LogP contribution in [0.5, 0.6) is 5.75 Å². The zero-order valence-corrected chi connectivity index (χ0v) is 22.8. The number of amides is 1. The number of fused-ring (bicyclic) bond motifs is 2. The zero-order chi connectivity index (χ0) is 28.1. The number of nitrogens with zero attached hydrogens (tertiary/aromatic N) is 5. The van der Waals surface area contributed by atoms with Crippen molar-refractivity contribution in [2.45, 2.75) is 50.7 Å². The Morgan fingerprint density at radius 1 is 1.23 bits per heavy atom. The summed E-state index contributed by atoms with van der Waals surface area (Å²) in [6.07, 6.45) is 4.19. The van der Waals surface area contributed by atoms with Crippen LogP contribution in [0.2, 0.25) is 0 Å². The third-order valence-corrected chi connectivity index (χ3v) is 7.60. The molecule has 1 fully saturated rings. The highest BCUT2D eigenvalue weighted by Crippen LogP contribution is 2.65. The molecule has 1 saturated carbocycles. The molecule has 5 rings (SSSR count). The molecule has 1 aliphatic carbocycles. The zero-order valence-electron chi connectivity index (χ0n) is 22.8. The van der Waals surface area contributed by atoms with Gasteiger partial charge in [0.25, 0.3) is 11.8 Å². The van der Waals surface area contributed by atoms with Crippen LogP contribution >= 0.6 is 0 Å². The lowest BCUT2D eigenvalue weighted by Crippen LogP contribution is -2.47. The number of aromatic nitrogens is 3. The summed E-state index contributed by atoms with van der Waals surface area (Å²) in [7, 11) is 5.52. The molecule has 1 aliphatic heterocycles. The van der Waals surface area contributed by atoms with E-state index in [0.717, 1.165) is 17.3 Å².